The van der Waals surface area contributed by atoms with Gasteiger partial charge in [0.25, 0.3) is 5.91 Å². The van der Waals surface area contributed by atoms with E-state index in [-0.39, 0.29) is 17.8 Å². The largest absolute Gasteiger partial charge is 0.487 e. The molecule has 30 heavy (non-hydrogen) atoms. The minimum absolute atomic E-state index is 0.327. The van der Waals surface area contributed by atoms with Crippen molar-refractivity contribution >= 4 is 22.8 Å². The van der Waals surface area contributed by atoms with Crippen LogP contribution in [0.3, 0.4) is 0 Å². The first kappa shape index (κ1) is 20.3. The van der Waals surface area contributed by atoms with Crippen LogP contribution in [0.1, 0.15) is 50.3 Å². The van der Waals surface area contributed by atoms with Gasteiger partial charge in [-0.15, -0.1) is 0 Å². The summed E-state index contributed by atoms with van der Waals surface area (Å²) in [5, 5.41) is 12.0. The van der Waals surface area contributed by atoms with Crippen molar-refractivity contribution in [3.05, 3.63) is 33.2 Å². The number of nitrogens with one attached hydrogen (secondary N) is 1. The molecule has 1 aromatic heterocycles. The summed E-state index contributed by atoms with van der Waals surface area (Å²) in [6, 6.07) is 0.734. The number of carboxylic acid groups (broad SMARTS) is 1. The van der Waals surface area contributed by atoms with E-state index in [0.717, 1.165) is 30.4 Å². The van der Waals surface area contributed by atoms with Crippen molar-refractivity contribution < 1.29 is 28.6 Å². The molecule has 4 rings (SSSR count). The lowest BCUT2D eigenvalue weighted by Gasteiger charge is -2.33. The average Bonchev–Trinajstić information content (AvgIpc) is 3.15. The van der Waals surface area contributed by atoms with Gasteiger partial charge in [0.15, 0.2) is 6.61 Å². The molecule has 1 aromatic carbocycles. The predicted octanol–water partition coefficient (Wildman–Crippen LogP) is 2.35. The van der Waals surface area contributed by atoms with Crippen molar-refractivity contribution in [3.63, 3.8) is 0 Å². The average molecular weight is 415 g/mol. The number of hydrogen-bond donors (Lipinski definition) is 2. The Morgan fingerprint density at radius 3 is 2.70 bits per heavy atom. The summed E-state index contributed by atoms with van der Waals surface area (Å²) < 4.78 is 17.6. The standard InChI is InChI=1S/C22H25NO7/c1-11(20(25)26)23-17(24)10-28-16-9-15-14(7-8-22(2,3)30-15)19-18(16)12-5-4-6-13(12)21(27)29-19/h9,11H,4-8,10H2,1-3H3,(H,23,24)(H,25,26)/t11-/m0/s1. The van der Waals surface area contributed by atoms with Gasteiger partial charge in [-0.1, -0.05) is 0 Å². The van der Waals surface area contributed by atoms with E-state index in [0.29, 0.717) is 40.9 Å². The van der Waals surface area contributed by atoms with Crippen LogP contribution in [-0.2, 0) is 28.9 Å². The molecular formula is C22H25NO7. The Morgan fingerprint density at radius 2 is 1.97 bits per heavy atom. The van der Waals surface area contributed by atoms with Crippen molar-refractivity contribution in [3.8, 4) is 11.5 Å². The highest BCUT2D eigenvalue weighted by molar-refractivity contribution is 5.93. The maximum absolute atomic E-state index is 12.5. The Labute approximate surface area is 173 Å². The Kier molecular flexibility index (Phi) is 4.95. The minimum Gasteiger partial charge on any atom is -0.487 e. The van der Waals surface area contributed by atoms with E-state index in [9.17, 15) is 14.4 Å². The number of rotatable bonds is 5. The SMILES string of the molecule is C[C@H](NC(=O)COc1cc2c(c3oc(=O)c4c(c13)CCC4)CCC(C)(C)O2)C(=O)O. The van der Waals surface area contributed by atoms with Gasteiger partial charge in [-0.25, -0.2) is 4.79 Å². The third-order valence-electron chi connectivity index (χ3n) is 5.74. The number of amides is 1. The van der Waals surface area contributed by atoms with Crippen LogP contribution in [0.2, 0.25) is 0 Å². The highest BCUT2D eigenvalue weighted by atomic mass is 16.5. The first-order chi connectivity index (χ1) is 14.2. The van der Waals surface area contributed by atoms with Gasteiger partial charge in [0.2, 0.25) is 0 Å². The molecule has 8 heteroatoms. The van der Waals surface area contributed by atoms with Crippen molar-refractivity contribution in [2.45, 2.75) is 64.5 Å². The van der Waals surface area contributed by atoms with Gasteiger partial charge in [0.05, 0.1) is 5.39 Å². The third-order valence-corrected chi connectivity index (χ3v) is 5.74. The molecule has 2 aliphatic rings. The number of benzene rings is 1. The summed E-state index contributed by atoms with van der Waals surface area (Å²) in [4.78, 5) is 35.6. The van der Waals surface area contributed by atoms with E-state index >= 15 is 0 Å². The van der Waals surface area contributed by atoms with Crippen LogP contribution in [0.25, 0.3) is 11.0 Å². The highest BCUT2D eigenvalue weighted by Gasteiger charge is 2.32. The molecule has 0 fully saturated rings. The number of carbonyl (C=O) groups is 2. The van der Waals surface area contributed by atoms with Gasteiger partial charge in [-0.2, -0.15) is 0 Å². The molecule has 160 valence electrons. The molecular weight excluding hydrogens is 390 g/mol. The smallest absolute Gasteiger partial charge is 0.339 e. The molecule has 0 saturated heterocycles. The van der Waals surface area contributed by atoms with Crippen LogP contribution in [0.15, 0.2) is 15.3 Å². The van der Waals surface area contributed by atoms with E-state index in [1.165, 1.54) is 6.92 Å². The summed E-state index contributed by atoms with van der Waals surface area (Å²) >= 11 is 0. The third kappa shape index (κ3) is 3.62. The lowest BCUT2D eigenvalue weighted by molar-refractivity contribution is -0.141. The molecule has 1 aliphatic carbocycles. The fourth-order valence-electron chi connectivity index (χ4n) is 4.16. The second kappa shape index (κ2) is 7.34. The van der Waals surface area contributed by atoms with Crippen LogP contribution in [0.5, 0.6) is 11.5 Å². The van der Waals surface area contributed by atoms with Gasteiger partial charge in [-0.05, 0) is 58.4 Å². The number of fused-ring (bicyclic) bond motifs is 5. The highest BCUT2D eigenvalue weighted by Crippen LogP contribution is 2.44. The summed E-state index contributed by atoms with van der Waals surface area (Å²) in [5.41, 5.74) is 2.17. The molecule has 1 atom stereocenters. The van der Waals surface area contributed by atoms with Gasteiger partial charge in [-0.3, -0.25) is 9.59 Å². The molecule has 0 saturated carbocycles. The first-order valence-corrected chi connectivity index (χ1v) is 10.1. The fraction of sp³-hybridized carbons (Fsp3) is 0.500. The summed E-state index contributed by atoms with van der Waals surface area (Å²) in [7, 11) is 0. The number of ether oxygens (including phenoxy) is 2. The second-order valence-electron chi connectivity index (χ2n) is 8.53. The Hall–Kier alpha value is -3.03. The van der Waals surface area contributed by atoms with Crippen molar-refractivity contribution in [1.29, 1.82) is 0 Å². The first-order valence-electron chi connectivity index (χ1n) is 10.1. The normalized spacial score (nSPS) is 17.6. The van der Waals surface area contributed by atoms with Gasteiger partial charge in [0.1, 0.15) is 28.7 Å². The molecule has 0 spiro atoms. The summed E-state index contributed by atoms with van der Waals surface area (Å²) in [6.07, 6.45) is 3.74. The Bertz CT molecular complexity index is 1100. The molecule has 1 aliphatic heterocycles. The van der Waals surface area contributed by atoms with Crippen LogP contribution in [0.4, 0.5) is 0 Å². The van der Waals surface area contributed by atoms with E-state index in [1.807, 2.05) is 13.8 Å². The molecule has 1 amide bonds. The van der Waals surface area contributed by atoms with Crippen molar-refractivity contribution in [2.75, 3.05) is 6.61 Å². The maximum atomic E-state index is 12.5. The fourth-order valence-corrected chi connectivity index (χ4v) is 4.16. The van der Waals surface area contributed by atoms with Gasteiger partial charge >= 0.3 is 11.6 Å². The number of carbonyl (C=O) groups excluding carboxylic acids is 1. The molecule has 0 radical (unpaired) electrons. The van der Waals surface area contributed by atoms with Crippen LogP contribution < -0.4 is 20.4 Å². The Morgan fingerprint density at radius 1 is 1.23 bits per heavy atom. The van der Waals surface area contributed by atoms with Gasteiger partial charge < -0.3 is 24.3 Å². The number of aryl methyl sites for hydroxylation is 2. The minimum atomic E-state index is -1.13. The monoisotopic (exact) mass is 415 g/mol. The van der Waals surface area contributed by atoms with Crippen LogP contribution in [-0.4, -0.2) is 35.2 Å². The molecule has 2 aromatic rings. The van der Waals surface area contributed by atoms with E-state index in [4.69, 9.17) is 19.0 Å². The number of hydrogen-bond acceptors (Lipinski definition) is 6. The van der Waals surface area contributed by atoms with Crippen molar-refractivity contribution in [2.24, 2.45) is 0 Å². The lowest BCUT2D eigenvalue weighted by Crippen LogP contribution is -2.40. The topological polar surface area (TPSA) is 115 Å². The van der Waals surface area contributed by atoms with E-state index < -0.39 is 17.9 Å². The maximum Gasteiger partial charge on any atom is 0.339 e. The zero-order chi connectivity index (χ0) is 21.6. The van der Waals surface area contributed by atoms with Crippen molar-refractivity contribution in [1.82, 2.24) is 5.32 Å². The zero-order valence-corrected chi connectivity index (χ0v) is 17.3. The molecule has 2 heterocycles. The predicted molar refractivity (Wildman–Crippen MR) is 108 cm³/mol. The summed E-state index contributed by atoms with van der Waals surface area (Å²) in [5.74, 6) is -0.695. The van der Waals surface area contributed by atoms with Crippen LogP contribution in [0, 0.1) is 0 Å². The molecule has 8 nitrogen and oxygen atoms in total. The van der Waals surface area contributed by atoms with Gasteiger partial charge in [0, 0.05) is 17.2 Å². The molecule has 0 unspecified atom stereocenters. The van der Waals surface area contributed by atoms with Crippen LogP contribution >= 0.6 is 0 Å². The van der Waals surface area contributed by atoms with E-state index in [1.54, 1.807) is 6.07 Å². The quantitative estimate of drug-likeness (QED) is 0.720. The summed E-state index contributed by atoms with van der Waals surface area (Å²) in [6.45, 7) is 5.00. The molecule has 2 N–H and O–H groups in total. The number of carboxylic acids is 1. The lowest BCUT2D eigenvalue weighted by atomic mass is 9.91. The Balaban J connectivity index is 1.76. The molecule has 0 bridgehead atoms. The second-order valence-corrected chi connectivity index (χ2v) is 8.53. The number of aliphatic carboxylic acids is 1. The zero-order valence-electron chi connectivity index (χ0n) is 17.3. The van der Waals surface area contributed by atoms with E-state index in [2.05, 4.69) is 5.32 Å².